The minimum Gasteiger partial charge on any atom is -0.381 e. The molecule has 24 heavy (non-hydrogen) atoms. The molecule has 0 bridgehead atoms. The van der Waals surface area contributed by atoms with Gasteiger partial charge in [0.2, 0.25) is 5.91 Å². The summed E-state index contributed by atoms with van der Waals surface area (Å²) in [4.78, 5) is 33.5. The zero-order valence-electron chi connectivity index (χ0n) is 13.8. The Hall–Kier alpha value is -1.77. The molecule has 1 fully saturated rings. The van der Waals surface area contributed by atoms with Crippen molar-refractivity contribution in [3.63, 3.8) is 0 Å². The molecule has 2 aromatic rings. The van der Waals surface area contributed by atoms with Crippen molar-refractivity contribution in [2.75, 3.05) is 39.4 Å². The first-order valence-electron chi connectivity index (χ1n) is 8.21. The first-order valence-corrected chi connectivity index (χ1v) is 9.09. The number of fused-ring (bicyclic) bond motifs is 1. The lowest BCUT2D eigenvalue weighted by Gasteiger charge is -2.34. The van der Waals surface area contributed by atoms with E-state index in [1.54, 1.807) is 16.7 Å². The predicted octanol–water partition coefficient (Wildman–Crippen LogP) is 0.827. The van der Waals surface area contributed by atoms with Crippen molar-refractivity contribution in [2.45, 2.75) is 19.9 Å². The molecule has 0 unspecified atom stereocenters. The fourth-order valence-electron chi connectivity index (χ4n) is 2.82. The van der Waals surface area contributed by atoms with E-state index in [1.807, 2.05) is 17.2 Å². The summed E-state index contributed by atoms with van der Waals surface area (Å²) in [6.45, 7) is 6.72. The van der Waals surface area contributed by atoms with Gasteiger partial charge in [0.1, 0.15) is 0 Å². The van der Waals surface area contributed by atoms with E-state index in [0.29, 0.717) is 39.3 Å². The molecule has 1 aliphatic heterocycles. The van der Waals surface area contributed by atoms with E-state index in [2.05, 4.69) is 9.88 Å². The zero-order valence-corrected chi connectivity index (χ0v) is 14.6. The Morgan fingerprint density at radius 1 is 1.33 bits per heavy atom. The minimum atomic E-state index is -0.0408. The number of rotatable bonds is 6. The van der Waals surface area contributed by atoms with E-state index in [-0.39, 0.29) is 11.5 Å². The van der Waals surface area contributed by atoms with Crippen molar-refractivity contribution in [1.29, 1.82) is 0 Å². The zero-order chi connectivity index (χ0) is 16.9. The molecule has 3 rings (SSSR count). The summed E-state index contributed by atoms with van der Waals surface area (Å²) in [5.41, 5.74) is 0.750. The van der Waals surface area contributed by atoms with E-state index in [9.17, 15) is 9.59 Å². The molecular weight excluding hydrogens is 328 g/mol. The van der Waals surface area contributed by atoms with Crippen LogP contribution in [0, 0.1) is 0 Å². The van der Waals surface area contributed by atoms with Crippen LogP contribution in [0.3, 0.4) is 0 Å². The summed E-state index contributed by atoms with van der Waals surface area (Å²) >= 11 is 1.46. The van der Waals surface area contributed by atoms with Crippen molar-refractivity contribution >= 4 is 22.2 Å². The minimum absolute atomic E-state index is 0.0408. The van der Waals surface area contributed by atoms with Gasteiger partial charge in [-0.25, -0.2) is 4.98 Å². The lowest BCUT2D eigenvalue weighted by atomic mass is 10.2. The fraction of sp³-hybridized carbons (Fsp3) is 0.562. The third kappa shape index (κ3) is 4.00. The van der Waals surface area contributed by atoms with Crippen LogP contribution in [0.1, 0.15) is 19.0 Å². The molecular formula is C16H22N4O3S. The van der Waals surface area contributed by atoms with Crippen LogP contribution < -0.4 is 5.56 Å². The number of aromatic nitrogens is 2. The largest absolute Gasteiger partial charge is 0.381 e. The van der Waals surface area contributed by atoms with E-state index in [1.165, 1.54) is 11.3 Å². The van der Waals surface area contributed by atoms with Crippen LogP contribution in [0.4, 0.5) is 0 Å². The smallest absolute Gasteiger partial charge is 0.258 e. The highest BCUT2D eigenvalue weighted by Crippen LogP contribution is 2.10. The number of carbonyl (C=O) groups is 1. The predicted molar refractivity (Wildman–Crippen MR) is 92.3 cm³/mol. The summed E-state index contributed by atoms with van der Waals surface area (Å²) in [5, 5.41) is 1.86. The van der Waals surface area contributed by atoms with Gasteiger partial charge >= 0.3 is 0 Å². The fourth-order valence-corrected chi connectivity index (χ4v) is 3.55. The van der Waals surface area contributed by atoms with Gasteiger partial charge in [0.25, 0.3) is 5.56 Å². The molecule has 130 valence electrons. The second-order valence-electron chi connectivity index (χ2n) is 5.75. The lowest BCUT2D eigenvalue weighted by Crippen LogP contribution is -2.48. The molecule has 0 radical (unpaired) electrons. The highest BCUT2D eigenvalue weighted by atomic mass is 32.1. The summed E-state index contributed by atoms with van der Waals surface area (Å²) in [5.74, 6) is 0.152. The molecule has 2 aromatic heterocycles. The van der Waals surface area contributed by atoms with Crippen LogP contribution in [-0.2, 0) is 16.1 Å². The SMILES string of the molecule is CCOCCC(=O)N1CCN(Cc2cc(=O)n3ccsc3n2)CC1. The Morgan fingerprint density at radius 2 is 2.12 bits per heavy atom. The number of hydrogen-bond acceptors (Lipinski definition) is 6. The van der Waals surface area contributed by atoms with Gasteiger partial charge in [-0.2, -0.15) is 0 Å². The Balaban J connectivity index is 1.53. The van der Waals surface area contributed by atoms with Gasteiger partial charge in [0.15, 0.2) is 4.96 Å². The molecule has 8 heteroatoms. The van der Waals surface area contributed by atoms with Gasteiger partial charge < -0.3 is 9.64 Å². The average molecular weight is 350 g/mol. The monoisotopic (exact) mass is 350 g/mol. The molecule has 0 atom stereocenters. The van der Waals surface area contributed by atoms with Crippen molar-refractivity contribution in [3.05, 3.63) is 33.7 Å². The van der Waals surface area contributed by atoms with E-state index in [4.69, 9.17) is 4.74 Å². The van der Waals surface area contributed by atoms with Gasteiger partial charge in [-0.15, -0.1) is 11.3 Å². The molecule has 0 aromatic carbocycles. The Bertz CT molecular complexity index is 749. The number of ether oxygens (including phenoxy) is 1. The average Bonchev–Trinajstić information content (AvgIpc) is 3.05. The molecule has 0 aliphatic carbocycles. The number of hydrogen-bond donors (Lipinski definition) is 0. The van der Waals surface area contributed by atoms with Gasteiger partial charge in [-0.1, -0.05) is 0 Å². The maximum Gasteiger partial charge on any atom is 0.258 e. The summed E-state index contributed by atoms with van der Waals surface area (Å²) < 4.78 is 6.80. The van der Waals surface area contributed by atoms with Crippen LogP contribution in [0.25, 0.3) is 4.96 Å². The topological polar surface area (TPSA) is 67.2 Å². The summed E-state index contributed by atoms with van der Waals surface area (Å²) in [6.07, 6.45) is 2.19. The maximum absolute atomic E-state index is 12.1. The van der Waals surface area contributed by atoms with Gasteiger partial charge in [0.05, 0.1) is 18.7 Å². The standard InChI is InChI=1S/C16H22N4O3S/c1-2-23-9-3-14(21)19-6-4-18(5-7-19)12-13-11-15(22)20-8-10-24-16(20)17-13/h8,10-11H,2-7,9,12H2,1H3. The second kappa shape index (κ2) is 7.87. The van der Waals surface area contributed by atoms with Gasteiger partial charge in [0, 0.05) is 57.0 Å². The van der Waals surface area contributed by atoms with Gasteiger partial charge in [-0.05, 0) is 6.92 Å². The van der Waals surface area contributed by atoms with E-state index in [0.717, 1.165) is 23.7 Å². The normalized spacial score (nSPS) is 16.0. The van der Waals surface area contributed by atoms with Crippen LogP contribution in [0.2, 0.25) is 0 Å². The Kier molecular flexibility index (Phi) is 5.60. The van der Waals surface area contributed by atoms with Crippen molar-refractivity contribution in [1.82, 2.24) is 19.2 Å². The van der Waals surface area contributed by atoms with Gasteiger partial charge in [-0.3, -0.25) is 18.9 Å². The maximum atomic E-state index is 12.1. The molecule has 1 amide bonds. The summed E-state index contributed by atoms with van der Waals surface area (Å²) in [7, 11) is 0. The van der Waals surface area contributed by atoms with Crippen molar-refractivity contribution in [2.24, 2.45) is 0 Å². The highest BCUT2D eigenvalue weighted by Gasteiger charge is 2.21. The first kappa shape index (κ1) is 17.1. The number of amides is 1. The first-order chi connectivity index (χ1) is 11.7. The number of piperazine rings is 1. The number of carbonyl (C=O) groups excluding carboxylic acids is 1. The Labute approximate surface area is 144 Å². The molecule has 7 nitrogen and oxygen atoms in total. The number of thiazole rings is 1. The third-order valence-electron chi connectivity index (χ3n) is 4.13. The molecule has 1 saturated heterocycles. The van der Waals surface area contributed by atoms with Crippen LogP contribution >= 0.6 is 11.3 Å². The van der Waals surface area contributed by atoms with Crippen molar-refractivity contribution < 1.29 is 9.53 Å². The summed E-state index contributed by atoms with van der Waals surface area (Å²) in [6, 6.07) is 1.60. The molecule has 0 saturated carbocycles. The Morgan fingerprint density at radius 3 is 2.88 bits per heavy atom. The second-order valence-corrected chi connectivity index (χ2v) is 6.62. The van der Waals surface area contributed by atoms with Crippen LogP contribution in [0.15, 0.2) is 22.4 Å². The molecule has 1 aliphatic rings. The molecule has 0 spiro atoms. The van der Waals surface area contributed by atoms with Crippen LogP contribution in [0.5, 0.6) is 0 Å². The lowest BCUT2D eigenvalue weighted by molar-refractivity contribution is -0.134. The quantitative estimate of drug-likeness (QED) is 0.722. The van der Waals surface area contributed by atoms with E-state index >= 15 is 0 Å². The van der Waals surface area contributed by atoms with Crippen LogP contribution in [-0.4, -0.2) is 64.5 Å². The van der Waals surface area contributed by atoms with E-state index < -0.39 is 0 Å². The third-order valence-corrected chi connectivity index (χ3v) is 4.89. The molecule has 0 N–H and O–H groups in total. The highest BCUT2D eigenvalue weighted by molar-refractivity contribution is 7.15. The van der Waals surface area contributed by atoms with Crippen molar-refractivity contribution in [3.8, 4) is 0 Å². The molecule has 3 heterocycles. The number of nitrogens with zero attached hydrogens (tertiary/aromatic N) is 4.